The first-order valence-corrected chi connectivity index (χ1v) is 22.4. The predicted molar refractivity (Wildman–Crippen MR) is 265 cm³/mol. The van der Waals surface area contributed by atoms with Crippen LogP contribution in [0.4, 0.5) is 4.48 Å². The summed E-state index contributed by atoms with van der Waals surface area (Å²) in [5.41, 5.74) is 5.18. The molecule has 1 heterocycles. The number of aldehydes is 1. The van der Waals surface area contributed by atoms with Crippen molar-refractivity contribution in [3.63, 3.8) is 0 Å². The van der Waals surface area contributed by atoms with Crippen LogP contribution < -0.4 is 20.5 Å². The number of ether oxygens (including phenoxy) is 4. The molecule has 2 aromatic carbocycles. The summed E-state index contributed by atoms with van der Waals surface area (Å²) in [6.45, 7) is 4.51. The van der Waals surface area contributed by atoms with Crippen molar-refractivity contribution in [2.24, 2.45) is 16.1 Å². The number of aliphatic imine (C=N–C) groups is 1. The molecule has 0 aliphatic rings. The minimum atomic E-state index is -1.56. The second kappa shape index (κ2) is 33.0. The highest BCUT2D eigenvalue weighted by Gasteiger charge is 2.40. The minimum Gasteiger partial charge on any atom is -0.496 e. The largest absolute Gasteiger partial charge is 0.496 e. The van der Waals surface area contributed by atoms with E-state index in [1.807, 2.05) is 18.2 Å². The Balaban J connectivity index is 0.000000794. The lowest BCUT2D eigenvalue weighted by Gasteiger charge is -2.36. The molecule has 1 aromatic heterocycles. The molecule has 69 heavy (non-hydrogen) atoms. The Labute approximate surface area is 404 Å². The van der Waals surface area contributed by atoms with Gasteiger partial charge in [0.15, 0.2) is 12.5 Å². The number of benzene rings is 2. The summed E-state index contributed by atoms with van der Waals surface area (Å²) in [6.07, 6.45) is 27.6. The van der Waals surface area contributed by atoms with Gasteiger partial charge < -0.3 is 29.6 Å². The van der Waals surface area contributed by atoms with Gasteiger partial charge in [0.1, 0.15) is 23.7 Å². The number of amides is 1. The summed E-state index contributed by atoms with van der Waals surface area (Å²) in [7, 11) is 4.56. The normalized spacial score (nSPS) is 12.3. The number of guanidine groups is 2. The summed E-state index contributed by atoms with van der Waals surface area (Å²) in [5, 5.41) is 10.2. The smallest absolute Gasteiger partial charge is 0.345 e. The summed E-state index contributed by atoms with van der Waals surface area (Å²) in [6, 6.07) is 16.1. The fourth-order valence-corrected chi connectivity index (χ4v) is 5.65. The highest BCUT2D eigenvalue weighted by Crippen LogP contribution is 2.30. The first-order chi connectivity index (χ1) is 33.1. The van der Waals surface area contributed by atoms with Gasteiger partial charge in [-0.2, -0.15) is 4.99 Å². The van der Waals surface area contributed by atoms with Crippen LogP contribution in [-0.4, -0.2) is 97.6 Å². The van der Waals surface area contributed by atoms with Crippen molar-refractivity contribution >= 4 is 42.0 Å². The summed E-state index contributed by atoms with van der Waals surface area (Å²) >= 11 is 0. The number of nitrogens with two attached hydrogens (primary N) is 1. The van der Waals surface area contributed by atoms with E-state index in [-0.39, 0.29) is 47.1 Å². The summed E-state index contributed by atoms with van der Waals surface area (Å²) in [4.78, 5) is 69.6. The number of hydrogen-bond donors (Lipinski definition) is 3. The number of unbranched alkanes of at least 4 members (excludes halogenated alkanes) is 1. The van der Waals surface area contributed by atoms with E-state index in [1.54, 1.807) is 88.7 Å². The molecular weight excluding hydrogens is 886 g/mol. The van der Waals surface area contributed by atoms with Crippen LogP contribution >= 0.6 is 0 Å². The Kier molecular flexibility index (Phi) is 27.6. The van der Waals surface area contributed by atoms with E-state index in [4.69, 9.17) is 30.1 Å². The molecule has 0 aliphatic carbocycles. The van der Waals surface area contributed by atoms with Crippen molar-refractivity contribution in [1.82, 2.24) is 20.3 Å². The van der Waals surface area contributed by atoms with E-state index in [9.17, 15) is 24.0 Å². The Hall–Kier alpha value is -7.53. The van der Waals surface area contributed by atoms with Gasteiger partial charge in [0.05, 0.1) is 23.7 Å². The molecule has 0 saturated heterocycles. The number of nitrogens with one attached hydrogen (secondary N) is 2. The first kappa shape index (κ1) is 57.6. The number of para-hydroxylation sites is 2. The van der Waals surface area contributed by atoms with E-state index in [0.29, 0.717) is 30.3 Å². The van der Waals surface area contributed by atoms with Gasteiger partial charge in [0, 0.05) is 45.9 Å². The SMILES string of the molecule is CC/C=C\C/C=C\C/C=C\C/C=C/C=C/CCCC(=O)OCC(C)(C)C(OC(=O)c1ccccc1OC)N(F)CCC(=O)N/C(N)=N/C(=N)N(C)C.O=Cc1ccccc1OC(=O)c1cccnc1. The average Bonchev–Trinajstić information content (AvgIpc) is 3.34. The maximum absolute atomic E-state index is 15.8. The Morgan fingerprint density at radius 3 is 2.14 bits per heavy atom. The lowest BCUT2D eigenvalue weighted by molar-refractivity contribution is -0.191. The summed E-state index contributed by atoms with van der Waals surface area (Å²) < 4.78 is 37.2. The molecule has 3 aromatic rings. The Morgan fingerprint density at radius 2 is 1.51 bits per heavy atom. The number of allylic oxidation sites excluding steroid dienone is 10. The number of halogens is 1. The number of hydrogen-bond acceptors (Lipinski definition) is 12. The van der Waals surface area contributed by atoms with Crippen LogP contribution in [0.5, 0.6) is 11.5 Å². The number of esters is 3. The second-order valence-corrected chi connectivity index (χ2v) is 15.8. The van der Waals surface area contributed by atoms with Gasteiger partial charge in [-0.3, -0.25) is 30.1 Å². The maximum Gasteiger partial charge on any atom is 0.345 e. The van der Waals surface area contributed by atoms with Crippen molar-refractivity contribution < 1.29 is 47.4 Å². The number of carbonyl (C=O) groups excluding carboxylic acids is 5. The fraction of sp³-hybridized carbons (Fsp3) is 0.346. The van der Waals surface area contributed by atoms with Gasteiger partial charge >= 0.3 is 17.9 Å². The van der Waals surface area contributed by atoms with Crippen LogP contribution in [0, 0.1) is 10.8 Å². The first-order valence-electron chi connectivity index (χ1n) is 22.4. The zero-order valence-corrected chi connectivity index (χ0v) is 40.3. The van der Waals surface area contributed by atoms with Crippen molar-refractivity contribution in [3.8, 4) is 11.5 Å². The third-order valence-electron chi connectivity index (χ3n) is 9.38. The summed E-state index contributed by atoms with van der Waals surface area (Å²) in [5.74, 6) is -2.60. The van der Waals surface area contributed by atoms with Crippen molar-refractivity contribution in [2.75, 3.05) is 34.4 Å². The van der Waals surface area contributed by atoms with Gasteiger partial charge in [-0.05, 0) is 74.9 Å². The number of pyridine rings is 1. The van der Waals surface area contributed by atoms with Crippen LogP contribution in [-0.2, 0) is 19.1 Å². The topological polar surface area (TPSA) is 216 Å². The molecule has 0 saturated carbocycles. The lowest BCUT2D eigenvalue weighted by atomic mass is 9.91. The molecule has 0 aliphatic heterocycles. The molecule has 17 heteroatoms. The van der Waals surface area contributed by atoms with Crippen LogP contribution in [0.1, 0.15) is 103 Å². The van der Waals surface area contributed by atoms with Crippen LogP contribution in [0.15, 0.2) is 139 Å². The van der Waals surface area contributed by atoms with Gasteiger partial charge in [-0.1, -0.05) is 106 Å². The van der Waals surface area contributed by atoms with Gasteiger partial charge in [-0.25, -0.2) is 9.59 Å². The highest BCUT2D eigenvalue weighted by molar-refractivity contribution is 6.01. The zero-order valence-electron chi connectivity index (χ0n) is 40.3. The lowest BCUT2D eigenvalue weighted by Crippen LogP contribution is -2.48. The van der Waals surface area contributed by atoms with Crippen molar-refractivity contribution in [3.05, 3.63) is 151 Å². The standard InChI is InChI=1S/C39H57FN6O6.C13H9NO3/c1-7-8-9-10-11-12-13-14-15-16-17-18-19-20-21-22-27-34(48)51-30-39(2,3)36(52-35(49)31-25-23-24-26-32(31)50-6)46(40)29-28-33(47)43-37(41)44-38(42)45(4)5;15-9-11-4-1-2-6-12(11)17-13(16)10-5-3-7-14-8-10/h8-9,11-12,14-15,17-20,23-26,36H,7,10,13,16,21-22,27-30H2,1-6H3,(H4,41,42,43,44,47);1-9H/b9-8-,12-11-,15-14-,18-17+,20-19+;. The Bertz CT molecular complexity index is 2270. The van der Waals surface area contributed by atoms with E-state index in [2.05, 4.69) is 64.7 Å². The number of methoxy groups -OCH3 is 1. The van der Waals surface area contributed by atoms with E-state index >= 15 is 4.48 Å². The second-order valence-electron chi connectivity index (χ2n) is 15.8. The monoisotopic (exact) mass is 951 g/mol. The maximum atomic E-state index is 15.8. The molecule has 370 valence electrons. The average molecular weight is 952 g/mol. The number of aromatic nitrogens is 1. The highest BCUT2D eigenvalue weighted by atomic mass is 19.2. The minimum absolute atomic E-state index is 0.0691. The van der Waals surface area contributed by atoms with Crippen molar-refractivity contribution in [1.29, 1.82) is 5.41 Å². The molecule has 4 N–H and O–H groups in total. The quantitative estimate of drug-likeness (QED) is 0.00692. The fourth-order valence-electron chi connectivity index (χ4n) is 5.65. The van der Waals surface area contributed by atoms with Crippen molar-refractivity contribution in [2.45, 2.75) is 78.4 Å². The molecule has 1 amide bonds. The van der Waals surface area contributed by atoms with Crippen LogP contribution in [0.25, 0.3) is 0 Å². The molecule has 0 fully saturated rings. The molecule has 3 rings (SSSR count). The predicted octanol–water partition coefficient (Wildman–Crippen LogP) is 8.90. The third kappa shape index (κ3) is 23.7. The number of rotatable bonds is 25. The van der Waals surface area contributed by atoms with Crippen LogP contribution in [0.3, 0.4) is 0 Å². The molecular formula is C52H66FN7O9. The molecule has 1 atom stereocenters. The third-order valence-corrected chi connectivity index (χ3v) is 9.38. The zero-order chi connectivity index (χ0) is 50.9. The molecule has 0 spiro atoms. The van der Waals surface area contributed by atoms with Gasteiger partial charge in [-0.15, -0.1) is 9.60 Å². The van der Waals surface area contributed by atoms with Crippen LogP contribution in [0.2, 0.25) is 0 Å². The molecule has 0 radical (unpaired) electrons. The van der Waals surface area contributed by atoms with E-state index < -0.39 is 48.4 Å². The van der Waals surface area contributed by atoms with E-state index in [0.717, 1.165) is 25.7 Å². The number of carbonyl (C=O) groups is 5. The molecule has 0 bridgehead atoms. The molecule has 1 unspecified atom stereocenters. The Morgan fingerprint density at radius 1 is 0.870 bits per heavy atom. The molecule has 16 nitrogen and oxygen atoms in total. The van der Waals surface area contributed by atoms with Gasteiger partial charge in [0.2, 0.25) is 17.8 Å². The van der Waals surface area contributed by atoms with E-state index in [1.165, 1.54) is 24.3 Å². The number of nitrogens with zero attached hydrogens (tertiary/aromatic N) is 4. The van der Waals surface area contributed by atoms with Gasteiger partial charge in [0.25, 0.3) is 0 Å².